The van der Waals surface area contributed by atoms with Crippen molar-refractivity contribution in [2.75, 3.05) is 39.9 Å². The molecule has 2 aromatic rings. The highest BCUT2D eigenvalue weighted by atomic mass is 35.5. The Hall–Kier alpha value is -0.740. The monoisotopic (exact) mass is 438 g/mol. The number of hydrogen-bond acceptors (Lipinski definition) is 7. The van der Waals surface area contributed by atoms with E-state index in [4.69, 9.17) is 10.5 Å². The molecule has 1 amide bonds. The molecule has 0 saturated carbocycles. The number of hydrogen-bond donors (Lipinski definition) is 1. The molecular weight excluding hydrogens is 415 g/mol. The third kappa shape index (κ3) is 5.63. The lowest BCUT2D eigenvalue weighted by Crippen LogP contribution is -2.44. The second-order valence-electron chi connectivity index (χ2n) is 5.70. The van der Waals surface area contributed by atoms with E-state index in [-0.39, 0.29) is 36.8 Å². The summed E-state index contributed by atoms with van der Waals surface area (Å²) in [6, 6.07) is 4.39. The summed E-state index contributed by atoms with van der Waals surface area (Å²) in [5.74, 6) is -0.0548. The Labute approximate surface area is 174 Å². The predicted octanol–water partition coefficient (Wildman–Crippen LogP) is 2.65. The van der Waals surface area contributed by atoms with Crippen molar-refractivity contribution in [2.45, 2.75) is 12.6 Å². The van der Waals surface area contributed by atoms with E-state index in [9.17, 15) is 4.79 Å². The number of morpholine rings is 1. The first-order valence-electron chi connectivity index (χ1n) is 7.94. The summed E-state index contributed by atoms with van der Waals surface area (Å²) in [6.07, 6.45) is 0. The molecule has 0 aliphatic carbocycles. The van der Waals surface area contributed by atoms with Crippen LogP contribution in [0.15, 0.2) is 22.9 Å². The summed E-state index contributed by atoms with van der Waals surface area (Å²) in [5, 5.41) is 4.66. The minimum Gasteiger partial charge on any atom is -0.379 e. The minimum absolute atomic E-state index is 0. The molecule has 1 aliphatic heterocycles. The zero-order valence-electron chi connectivity index (χ0n) is 14.5. The minimum atomic E-state index is -0.0548. The van der Waals surface area contributed by atoms with Crippen LogP contribution in [0.4, 0.5) is 0 Å². The molecule has 10 heteroatoms. The topological polar surface area (TPSA) is 71.7 Å². The summed E-state index contributed by atoms with van der Waals surface area (Å²) < 4.78 is 5.46. The number of amides is 1. The number of aromatic nitrogens is 1. The SMILES string of the molecule is CN(CC(c1cccs1)N1CCOCC1)C(=O)c1csc(CN)n1.Cl.Cl. The van der Waals surface area contributed by atoms with Crippen molar-refractivity contribution in [1.82, 2.24) is 14.8 Å². The van der Waals surface area contributed by atoms with E-state index in [2.05, 4.69) is 27.4 Å². The van der Waals surface area contributed by atoms with Crippen molar-refractivity contribution in [2.24, 2.45) is 5.73 Å². The summed E-state index contributed by atoms with van der Waals surface area (Å²) in [6.45, 7) is 4.26. The second-order valence-corrected chi connectivity index (χ2v) is 7.62. The van der Waals surface area contributed by atoms with Gasteiger partial charge in [-0.25, -0.2) is 4.98 Å². The molecule has 1 aliphatic rings. The molecule has 0 radical (unpaired) electrons. The second kappa shape index (κ2) is 11.2. The number of rotatable bonds is 6. The van der Waals surface area contributed by atoms with Gasteiger partial charge >= 0.3 is 0 Å². The van der Waals surface area contributed by atoms with E-state index in [1.165, 1.54) is 16.2 Å². The average molecular weight is 439 g/mol. The van der Waals surface area contributed by atoms with Crippen molar-refractivity contribution in [3.8, 4) is 0 Å². The van der Waals surface area contributed by atoms with Gasteiger partial charge in [0.05, 0.1) is 19.3 Å². The van der Waals surface area contributed by atoms with Crippen LogP contribution in [0.5, 0.6) is 0 Å². The van der Waals surface area contributed by atoms with Crippen LogP contribution in [0.2, 0.25) is 0 Å². The molecule has 3 heterocycles. The van der Waals surface area contributed by atoms with Gasteiger partial charge in [-0.15, -0.1) is 47.5 Å². The molecule has 1 atom stereocenters. The molecule has 2 aromatic heterocycles. The largest absolute Gasteiger partial charge is 0.379 e. The number of likely N-dealkylation sites (N-methyl/N-ethyl adjacent to an activating group) is 1. The molecule has 1 fully saturated rings. The lowest BCUT2D eigenvalue weighted by Gasteiger charge is -2.36. The van der Waals surface area contributed by atoms with E-state index >= 15 is 0 Å². The summed E-state index contributed by atoms with van der Waals surface area (Å²) >= 11 is 3.16. The van der Waals surface area contributed by atoms with Crippen LogP contribution in [0, 0.1) is 0 Å². The van der Waals surface area contributed by atoms with Crippen LogP contribution in [0.25, 0.3) is 0 Å². The van der Waals surface area contributed by atoms with E-state index in [0.29, 0.717) is 18.8 Å². The van der Waals surface area contributed by atoms with E-state index < -0.39 is 0 Å². The molecular formula is C16H24Cl2N4O2S2. The first-order chi connectivity index (χ1) is 11.7. The highest BCUT2D eigenvalue weighted by Crippen LogP contribution is 2.27. The van der Waals surface area contributed by atoms with Gasteiger partial charge in [0.25, 0.3) is 5.91 Å². The molecule has 146 valence electrons. The number of carbonyl (C=O) groups is 1. The van der Waals surface area contributed by atoms with Gasteiger partial charge in [-0.1, -0.05) is 6.07 Å². The lowest BCUT2D eigenvalue weighted by atomic mass is 10.1. The Bertz CT molecular complexity index is 663. The fraction of sp³-hybridized carbons (Fsp3) is 0.500. The summed E-state index contributed by atoms with van der Waals surface area (Å²) in [5.41, 5.74) is 6.07. The van der Waals surface area contributed by atoms with Gasteiger partial charge in [0.2, 0.25) is 0 Å². The maximum Gasteiger partial charge on any atom is 0.273 e. The zero-order chi connectivity index (χ0) is 16.9. The number of carbonyl (C=O) groups excluding carboxylic acids is 1. The third-order valence-electron chi connectivity index (χ3n) is 4.10. The normalized spacial score (nSPS) is 15.6. The van der Waals surface area contributed by atoms with Crippen molar-refractivity contribution < 1.29 is 9.53 Å². The average Bonchev–Trinajstić information content (AvgIpc) is 3.31. The van der Waals surface area contributed by atoms with Crippen molar-refractivity contribution >= 4 is 53.4 Å². The van der Waals surface area contributed by atoms with Gasteiger partial charge < -0.3 is 15.4 Å². The molecule has 0 bridgehead atoms. The van der Waals surface area contributed by atoms with Gasteiger partial charge in [-0.2, -0.15) is 0 Å². The van der Waals surface area contributed by atoms with E-state index in [1.807, 2.05) is 7.05 Å². The predicted molar refractivity (Wildman–Crippen MR) is 111 cm³/mol. The van der Waals surface area contributed by atoms with Gasteiger partial charge in [0.15, 0.2) is 0 Å². The van der Waals surface area contributed by atoms with Crippen LogP contribution in [-0.4, -0.2) is 60.6 Å². The Kier molecular flexibility index (Phi) is 10.0. The van der Waals surface area contributed by atoms with Crippen molar-refractivity contribution in [3.05, 3.63) is 38.5 Å². The van der Waals surface area contributed by atoms with Gasteiger partial charge in [-0.3, -0.25) is 9.69 Å². The standard InChI is InChI=1S/C16H22N4O2S2.2ClH/c1-19(16(21)12-11-24-15(9-17)18-12)10-13(14-3-2-8-23-14)20-4-6-22-7-5-20;;/h2-3,8,11,13H,4-7,9-10,17H2,1H3;2*1H. The van der Waals surface area contributed by atoms with Gasteiger partial charge in [0.1, 0.15) is 10.7 Å². The van der Waals surface area contributed by atoms with E-state index in [0.717, 1.165) is 31.3 Å². The zero-order valence-corrected chi connectivity index (χ0v) is 17.8. The molecule has 0 spiro atoms. The third-order valence-corrected chi connectivity index (χ3v) is 5.94. The quantitative estimate of drug-likeness (QED) is 0.750. The number of nitrogens with two attached hydrogens (primary N) is 1. The Morgan fingerprint density at radius 2 is 2.12 bits per heavy atom. The van der Waals surface area contributed by atoms with Gasteiger partial charge in [-0.05, 0) is 11.4 Å². The molecule has 2 N–H and O–H groups in total. The van der Waals surface area contributed by atoms with Crippen LogP contribution < -0.4 is 5.73 Å². The Balaban J connectivity index is 0.00000169. The molecule has 3 rings (SSSR count). The first kappa shape index (κ1) is 23.3. The fourth-order valence-corrected chi connectivity index (χ4v) is 4.30. The first-order valence-corrected chi connectivity index (χ1v) is 9.70. The summed E-state index contributed by atoms with van der Waals surface area (Å²) in [4.78, 5) is 22.4. The Morgan fingerprint density at radius 3 is 2.69 bits per heavy atom. The number of thiophene rings is 1. The molecule has 26 heavy (non-hydrogen) atoms. The highest BCUT2D eigenvalue weighted by molar-refractivity contribution is 7.10. The van der Waals surface area contributed by atoms with Crippen molar-refractivity contribution in [1.29, 1.82) is 0 Å². The number of thiazole rings is 1. The molecule has 6 nitrogen and oxygen atoms in total. The Morgan fingerprint density at radius 1 is 1.38 bits per heavy atom. The molecule has 0 aromatic carbocycles. The smallest absolute Gasteiger partial charge is 0.273 e. The maximum atomic E-state index is 12.7. The van der Waals surface area contributed by atoms with Crippen LogP contribution >= 0.6 is 47.5 Å². The van der Waals surface area contributed by atoms with Crippen LogP contribution in [0.3, 0.4) is 0 Å². The van der Waals surface area contributed by atoms with Gasteiger partial charge in [0, 0.05) is 43.5 Å². The van der Waals surface area contributed by atoms with Crippen LogP contribution in [0.1, 0.15) is 26.4 Å². The number of nitrogens with zero attached hydrogens (tertiary/aromatic N) is 3. The summed E-state index contributed by atoms with van der Waals surface area (Å²) in [7, 11) is 1.84. The lowest BCUT2D eigenvalue weighted by molar-refractivity contribution is 0.0103. The molecule has 1 saturated heterocycles. The highest BCUT2D eigenvalue weighted by Gasteiger charge is 2.27. The fourth-order valence-electron chi connectivity index (χ4n) is 2.80. The van der Waals surface area contributed by atoms with Crippen LogP contribution in [-0.2, 0) is 11.3 Å². The van der Waals surface area contributed by atoms with Crippen molar-refractivity contribution in [3.63, 3.8) is 0 Å². The maximum absolute atomic E-state index is 12.7. The molecule has 1 unspecified atom stereocenters. The number of halogens is 2. The number of ether oxygens (including phenoxy) is 1. The van der Waals surface area contributed by atoms with E-state index in [1.54, 1.807) is 21.6 Å².